The van der Waals surface area contributed by atoms with E-state index in [2.05, 4.69) is 17.9 Å². The van der Waals surface area contributed by atoms with Gasteiger partial charge in [-0.15, -0.1) is 0 Å². The molecule has 0 amide bonds. The van der Waals surface area contributed by atoms with Gasteiger partial charge < -0.3 is 4.90 Å². The molecule has 0 aromatic carbocycles. The van der Waals surface area contributed by atoms with Gasteiger partial charge in [0.15, 0.2) is 0 Å². The zero-order valence-electron chi connectivity index (χ0n) is 3.81. The Morgan fingerprint density at radius 2 is 2.83 bits per heavy atom. The van der Waals surface area contributed by atoms with Crippen molar-refractivity contribution in [2.45, 2.75) is 13.0 Å². The summed E-state index contributed by atoms with van der Waals surface area (Å²) < 4.78 is 0. The molecule has 0 saturated carbocycles. The molecule has 2 rings (SSSR count). The van der Waals surface area contributed by atoms with Gasteiger partial charge in [0.25, 0.3) is 0 Å². The molecular weight excluding hydrogens is 74.1 g/mol. The molecule has 1 unspecified atom stereocenters. The maximum Gasteiger partial charge on any atom is 0.0665 e. The van der Waals surface area contributed by atoms with Gasteiger partial charge in [-0.1, -0.05) is 0 Å². The molecule has 32 valence electrons. The van der Waals surface area contributed by atoms with Crippen LogP contribution >= 0.6 is 0 Å². The molecule has 0 aliphatic carbocycles. The third-order valence-corrected chi connectivity index (χ3v) is 1.54. The molecule has 0 bridgehead atoms. The molecule has 0 N–H and O–H groups in total. The molecule has 1 fully saturated rings. The monoisotopic (exact) mass is 81.1 g/mol. The first-order valence-electron chi connectivity index (χ1n) is 2.33. The summed E-state index contributed by atoms with van der Waals surface area (Å²) in [7, 11) is 0. The number of allylic oxidation sites excluding steroid dienone is 1. The van der Waals surface area contributed by atoms with E-state index in [-0.39, 0.29) is 0 Å². The van der Waals surface area contributed by atoms with Crippen molar-refractivity contribution in [3.63, 3.8) is 0 Å². The van der Waals surface area contributed by atoms with Crippen molar-refractivity contribution >= 4 is 0 Å². The van der Waals surface area contributed by atoms with Crippen LogP contribution in [0.1, 0.15) is 6.92 Å². The first-order chi connectivity index (χ1) is 2.88. The van der Waals surface area contributed by atoms with E-state index in [1.165, 1.54) is 12.2 Å². The Hall–Kier alpha value is -0.460. The zero-order chi connectivity index (χ0) is 4.15. The number of hydrogen-bond donors (Lipinski definition) is 0. The molecule has 0 aromatic rings. The highest BCUT2D eigenvalue weighted by Crippen LogP contribution is 2.34. The van der Waals surface area contributed by atoms with Crippen LogP contribution in [0.2, 0.25) is 0 Å². The fourth-order valence-corrected chi connectivity index (χ4v) is 0.995. The van der Waals surface area contributed by atoms with Crippen LogP contribution in [0.25, 0.3) is 0 Å². The molecule has 1 heteroatoms. The van der Waals surface area contributed by atoms with Gasteiger partial charge in [0.1, 0.15) is 0 Å². The standard InChI is InChI=1S/C5H7N/c1-4-2-5-3-6(4)5/h2,5H,3H2,1H3. The van der Waals surface area contributed by atoms with E-state index < -0.39 is 0 Å². The second-order valence-corrected chi connectivity index (χ2v) is 2.03. The Kier molecular flexibility index (Phi) is 0.228. The third-order valence-electron chi connectivity index (χ3n) is 1.54. The normalized spacial score (nSPS) is 37.2. The van der Waals surface area contributed by atoms with Gasteiger partial charge in [-0.05, 0) is 13.0 Å². The Morgan fingerprint density at radius 3 is 2.83 bits per heavy atom. The lowest BCUT2D eigenvalue weighted by Crippen LogP contribution is -2.06. The average molecular weight is 81.1 g/mol. The lowest BCUT2D eigenvalue weighted by atomic mass is 10.3. The first-order valence-corrected chi connectivity index (χ1v) is 2.33. The summed E-state index contributed by atoms with van der Waals surface area (Å²) in [4.78, 5) is 2.38. The molecular formula is C5H7N. The highest BCUT2D eigenvalue weighted by molar-refractivity contribution is 5.28. The van der Waals surface area contributed by atoms with Gasteiger partial charge in [0.2, 0.25) is 0 Å². The highest BCUT2D eigenvalue weighted by Gasteiger charge is 2.39. The lowest BCUT2D eigenvalue weighted by molar-refractivity contribution is 0.602. The Labute approximate surface area is 37.3 Å². The van der Waals surface area contributed by atoms with Crippen molar-refractivity contribution in [2.24, 2.45) is 0 Å². The summed E-state index contributed by atoms with van der Waals surface area (Å²) in [6.07, 6.45) is 2.31. The lowest BCUT2D eigenvalue weighted by Gasteiger charge is -2.10. The minimum atomic E-state index is 0.880. The van der Waals surface area contributed by atoms with Gasteiger partial charge in [0, 0.05) is 12.2 Å². The van der Waals surface area contributed by atoms with Crippen molar-refractivity contribution in [3.8, 4) is 0 Å². The van der Waals surface area contributed by atoms with Crippen LogP contribution in [0.5, 0.6) is 0 Å². The number of hydrogen-bond acceptors (Lipinski definition) is 1. The van der Waals surface area contributed by atoms with Gasteiger partial charge in [0.05, 0.1) is 6.04 Å². The number of rotatable bonds is 0. The van der Waals surface area contributed by atoms with Crippen molar-refractivity contribution in [3.05, 3.63) is 11.8 Å². The first kappa shape index (κ1) is 2.67. The van der Waals surface area contributed by atoms with Crippen molar-refractivity contribution < 1.29 is 0 Å². The fraction of sp³-hybridized carbons (Fsp3) is 0.600. The van der Waals surface area contributed by atoms with E-state index in [1.807, 2.05) is 0 Å². The van der Waals surface area contributed by atoms with E-state index in [9.17, 15) is 0 Å². The maximum absolute atomic E-state index is 2.38. The van der Waals surface area contributed by atoms with Gasteiger partial charge in [-0.3, -0.25) is 0 Å². The zero-order valence-corrected chi connectivity index (χ0v) is 3.81. The number of nitrogens with zero attached hydrogens (tertiary/aromatic N) is 1. The van der Waals surface area contributed by atoms with Gasteiger partial charge >= 0.3 is 0 Å². The summed E-state index contributed by atoms with van der Waals surface area (Å²) >= 11 is 0. The summed E-state index contributed by atoms with van der Waals surface area (Å²) in [5, 5.41) is 0. The Morgan fingerprint density at radius 1 is 2.00 bits per heavy atom. The number of fused-ring (bicyclic) bond motifs is 1. The van der Waals surface area contributed by atoms with E-state index in [0.29, 0.717) is 0 Å². The van der Waals surface area contributed by atoms with Crippen LogP contribution < -0.4 is 0 Å². The van der Waals surface area contributed by atoms with Crippen LogP contribution in [-0.2, 0) is 0 Å². The van der Waals surface area contributed by atoms with Crippen molar-refractivity contribution in [2.75, 3.05) is 6.54 Å². The molecule has 0 radical (unpaired) electrons. The summed E-state index contributed by atoms with van der Waals surface area (Å²) in [6.45, 7) is 3.47. The molecule has 0 spiro atoms. The van der Waals surface area contributed by atoms with E-state index in [4.69, 9.17) is 0 Å². The van der Waals surface area contributed by atoms with Crippen LogP contribution in [-0.4, -0.2) is 17.5 Å². The highest BCUT2D eigenvalue weighted by atomic mass is 15.3. The summed E-state index contributed by atoms with van der Waals surface area (Å²) in [5.74, 6) is 0. The quantitative estimate of drug-likeness (QED) is 0.386. The minimum absolute atomic E-state index is 0.880. The van der Waals surface area contributed by atoms with Crippen molar-refractivity contribution in [1.82, 2.24) is 4.90 Å². The van der Waals surface area contributed by atoms with E-state index in [1.54, 1.807) is 0 Å². The van der Waals surface area contributed by atoms with Crippen molar-refractivity contribution in [1.29, 1.82) is 0 Å². The van der Waals surface area contributed by atoms with Crippen LogP contribution in [0, 0.1) is 0 Å². The van der Waals surface area contributed by atoms with Crippen LogP contribution in [0.4, 0.5) is 0 Å². The Bertz CT molecular complexity index is 115. The average Bonchev–Trinajstić information content (AvgIpc) is 2.12. The second-order valence-electron chi connectivity index (χ2n) is 2.03. The molecule has 2 aliphatic heterocycles. The second kappa shape index (κ2) is 0.512. The summed E-state index contributed by atoms with van der Waals surface area (Å²) in [5.41, 5.74) is 1.47. The summed E-state index contributed by atoms with van der Waals surface area (Å²) in [6, 6.07) is 0.880. The Balaban J connectivity index is 2.34. The predicted molar refractivity (Wildman–Crippen MR) is 24.3 cm³/mol. The largest absolute Gasteiger partial charge is 0.365 e. The molecule has 1 nitrogen and oxygen atoms in total. The fourth-order valence-electron chi connectivity index (χ4n) is 0.995. The third kappa shape index (κ3) is 0.125. The molecule has 2 heterocycles. The minimum Gasteiger partial charge on any atom is -0.365 e. The molecule has 6 heavy (non-hydrogen) atoms. The topological polar surface area (TPSA) is 3.01 Å². The molecule has 1 saturated heterocycles. The molecule has 2 aliphatic rings. The maximum atomic E-state index is 2.38. The smallest absolute Gasteiger partial charge is 0.0665 e. The van der Waals surface area contributed by atoms with E-state index >= 15 is 0 Å². The molecule has 1 atom stereocenters. The van der Waals surface area contributed by atoms with Crippen LogP contribution in [0.3, 0.4) is 0 Å². The molecule has 0 aromatic heterocycles. The SMILES string of the molecule is CC1=CC2CN12. The van der Waals surface area contributed by atoms with E-state index in [0.717, 1.165) is 6.04 Å². The van der Waals surface area contributed by atoms with Gasteiger partial charge in [-0.25, -0.2) is 0 Å². The van der Waals surface area contributed by atoms with Crippen LogP contribution in [0.15, 0.2) is 11.8 Å². The predicted octanol–water partition coefficient (Wildman–Crippen LogP) is 0.588. The van der Waals surface area contributed by atoms with Gasteiger partial charge in [-0.2, -0.15) is 0 Å².